The highest BCUT2D eigenvalue weighted by Gasteiger charge is 2.15. The van der Waals surface area contributed by atoms with Gasteiger partial charge in [-0.1, -0.05) is 18.2 Å². The molecular formula is C14H21NO3. The summed E-state index contributed by atoms with van der Waals surface area (Å²) in [6.45, 7) is 2.52. The number of para-hydroxylation sites is 1. The van der Waals surface area contributed by atoms with E-state index in [0.29, 0.717) is 19.3 Å². The Bertz CT molecular complexity index is 325. The van der Waals surface area contributed by atoms with Gasteiger partial charge in [-0.2, -0.15) is 0 Å². The smallest absolute Gasteiger partial charge is 0.119 e. The van der Waals surface area contributed by atoms with E-state index < -0.39 is 6.10 Å². The summed E-state index contributed by atoms with van der Waals surface area (Å²) < 4.78 is 11.0. The van der Waals surface area contributed by atoms with Crippen molar-refractivity contribution < 1.29 is 14.6 Å². The van der Waals surface area contributed by atoms with Crippen LogP contribution in [0.25, 0.3) is 0 Å². The van der Waals surface area contributed by atoms with Crippen LogP contribution in [0.15, 0.2) is 30.3 Å². The number of aliphatic hydroxyl groups is 1. The SMILES string of the molecule is OC(CNCC1CCCO1)COc1ccccc1. The number of nitrogens with one attached hydrogen (secondary N) is 1. The number of benzene rings is 1. The Morgan fingerprint density at radius 1 is 1.39 bits per heavy atom. The van der Waals surface area contributed by atoms with Crippen LogP contribution in [0.3, 0.4) is 0 Å². The van der Waals surface area contributed by atoms with Crippen molar-refractivity contribution in [1.29, 1.82) is 0 Å². The molecule has 4 heteroatoms. The molecule has 0 saturated carbocycles. The molecule has 1 fully saturated rings. The molecule has 0 amide bonds. The zero-order valence-electron chi connectivity index (χ0n) is 10.5. The van der Waals surface area contributed by atoms with Gasteiger partial charge >= 0.3 is 0 Å². The number of ether oxygens (including phenoxy) is 2. The van der Waals surface area contributed by atoms with Crippen molar-refractivity contribution in [3.63, 3.8) is 0 Å². The van der Waals surface area contributed by atoms with Crippen LogP contribution in [0.2, 0.25) is 0 Å². The fourth-order valence-corrected chi connectivity index (χ4v) is 1.98. The predicted octanol–water partition coefficient (Wildman–Crippen LogP) is 1.19. The van der Waals surface area contributed by atoms with Gasteiger partial charge in [-0.05, 0) is 25.0 Å². The molecule has 0 spiro atoms. The summed E-state index contributed by atoms with van der Waals surface area (Å²) in [5.41, 5.74) is 0. The minimum Gasteiger partial charge on any atom is -0.491 e. The van der Waals surface area contributed by atoms with Gasteiger partial charge in [-0.15, -0.1) is 0 Å². The zero-order valence-corrected chi connectivity index (χ0v) is 10.5. The maximum Gasteiger partial charge on any atom is 0.119 e. The van der Waals surface area contributed by atoms with Gasteiger partial charge in [0.2, 0.25) is 0 Å². The second-order valence-electron chi connectivity index (χ2n) is 4.57. The molecule has 2 atom stereocenters. The lowest BCUT2D eigenvalue weighted by molar-refractivity contribution is 0.0882. The minimum absolute atomic E-state index is 0.308. The fourth-order valence-electron chi connectivity index (χ4n) is 1.98. The predicted molar refractivity (Wildman–Crippen MR) is 69.8 cm³/mol. The molecule has 0 aliphatic carbocycles. The van der Waals surface area contributed by atoms with Crippen molar-refractivity contribution in [2.45, 2.75) is 25.0 Å². The van der Waals surface area contributed by atoms with Gasteiger partial charge in [0.15, 0.2) is 0 Å². The van der Waals surface area contributed by atoms with Crippen molar-refractivity contribution in [3.05, 3.63) is 30.3 Å². The molecule has 2 N–H and O–H groups in total. The third-order valence-electron chi connectivity index (χ3n) is 2.96. The Balaban J connectivity index is 1.56. The summed E-state index contributed by atoms with van der Waals surface area (Å²) in [5, 5.41) is 13.0. The third-order valence-corrected chi connectivity index (χ3v) is 2.96. The highest BCUT2D eigenvalue weighted by atomic mass is 16.5. The van der Waals surface area contributed by atoms with Crippen LogP contribution in [-0.2, 0) is 4.74 Å². The van der Waals surface area contributed by atoms with E-state index in [2.05, 4.69) is 5.32 Å². The lowest BCUT2D eigenvalue weighted by Gasteiger charge is -2.15. The van der Waals surface area contributed by atoms with Crippen molar-refractivity contribution in [1.82, 2.24) is 5.32 Å². The number of aliphatic hydroxyl groups excluding tert-OH is 1. The highest BCUT2D eigenvalue weighted by molar-refractivity contribution is 5.20. The molecular weight excluding hydrogens is 230 g/mol. The Hall–Kier alpha value is -1.10. The molecule has 2 rings (SSSR count). The first-order valence-electron chi connectivity index (χ1n) is 6.53. The van der Waals surface area contributed by atoms with Crippen molar-refractivity contribution in [2.75, 3.05) is 26.3 Å². The van der Waals surface area contributed by atoms with E-state index in [1.807, 2.05) is 30.3 Å². The molecule has 1 saturated heterocycles. The molecule has 18 heavy (non-hydrogen) atoms. The average molecular weight is 251 g/mol. The lowest BCUT2D eigenvalue weighted by Crippen LogP contribution is -2.35. The maximum absolute atomic E-state index is 9.76. The van der Waals surface area contributed by atoms with Gasteiger partial charge in [0.05, 0.1) is 6.10 Å². The summed E-state index contributed by atoms with van der Waals surface area (Å²) >= 11 is 0. The second kappa shape index (κ2) is 7.36. The Morgan fingerprint density at radius 3 is 2.94 bits per heavy atom. The van der Waals surface area contributed by atoms with E-state index in [1.165, 1.54) is 0 Å². The van der Waals surface area contributed by atoms with E-state index in [-0.39, 0.29) is 0 Å². The molecule has 4 nitrogen and oxygen atoms in total. The summed E-state index contributed by atoms with van der Waals surface area (Å²) in [5.74, 6) is 0.788. The summed E-state index contributed by atoms with van der Waals surface area (Å²) in [7, 11) is 0. The van der Waals surface area contributed by atoms with Gasteiger partial charge in [-0.3, -0.25) is 0 Å². The van der Waals surface area contributed by atoms with Crippen molar-refractivity contribution in [3.8, 4) is 5.75 Å². The normalized spacial score (nSPS) is 20.8. The van der Waals surface area contributed by atoms with E-state index in [1.54, 1.807) is 0 Å². The van der Waals surface area contributed by atoms with E-state index in [0.717, 1.165) is 31.7 Å². The van der Waals surface area contributed by atoms with Crippen LogP contribution >= 0.6 is 0 Å². The third kappa shape index (κ3) is 4.64. The van der Waals surface area contributed by atoms with Crippen LogP contribution in [-0.4, -0.2) is 43.6 Å². The first-order chi connectivity index (χ1) is 8.84. The quantitative estimate of drug-likeness (QED) is 0.764. The minimum atomic E-state index is -0.494. The van der Waals surface area contributed by atoms with Crippen LogP contribution in [0.5, 0.6) is 5.75 Å². The van der Waals surface area contributed by atoms with Crippen LogP contribution in [0, 0.1) is 0 Å². The average Bonchev–Trinajstić information content (AvgIpc) is 2.91. The first kappa shape index (κ1) is 13.3. The first-order valence-corrected chi connectivity index (χ1v) is 6.53. The topological polar surface area (TPSA) is 50.7 Å². The largest absolute Gasteiger partial charge is 0.491 e. The Kier molecular flexibility index (Phi) is 5.45. The van der Waals surface area contributed by atoms with E-state index in [9.17, 15) is 5.11 Å². The van der Waals surface area contributed by atoms with E-state index >= 15 is 0 Å². The molecule has 100 valence electrons. The van der Waals surface area contributed by atoms with Gasteiger partial charge in [0.25, 0.3) is 0 Å². The summed E-state index contributed by atoms with van der Waals surface area (Å²) in [6, 6.07) is 9.53. The zero-order chi connectivity index (χ0) is 12.6. The van der Waals surface area contributed by atoms with Crippen molar-refractivity contribution in [2.24, 2.45) is 0 Å². The highest BCUT2D eigenvalue weighted by Crippen LogP contribution is 2.10. The van der Waals surface area contributed by atoms with E-state index in [4.69, 9.17) is 9.47 Å². The molecule has 0 radical (unpaired) electrons. The van der Waals surface area contributed by atoms with Gasteiger partial charge in [0, 0.05) is 19.7 Å². The van der Waals surface area contributed by atoms with Crippen LogP contribution < -0.4 is 10.1 Å². The molecule has 1 aromatic rings. The molecule has 2 unspecified atom stereocenters. The molecule has 1 aliphatic heterocycles. The Morgan fingerprint density at radius 2 is 2.22 bits per heavy atom. The van der Waals surface area contributed by atoms with Crippen LogP contribution in [0.1, 0.15) is 12.8 Å². The fraction of sp³-hybridized carbons (Fsp3) is 0.571. The second-order valence-corrected chi connectivity index (χ2v) is 4.57. The summed E-state index contributed by atoms with van der Waals surface area (Å²) in [4.78, 5) is 0. The molecule has 0 aromatic heterocycles. The van der Waals surface area contributed by atoms with Crippen molar-refractivity contribution >= 4 is 0 Å². The molecule has 1 aromatic carbocycles. The van der Waals surface area contributed by atoms with Gasteiger partial charge < -0.3 is 19.9 Å². The van der Waals surface area contributed by atoms with Gasteiger partial charge in [0.1, 0.15) is 18.5 Å². The molecule has 0 bridgehead atoms. The van der Waals surface area contributed by atoms with Gasteiger partial charge in [-0.25, -0.2) is 0 Å². The Labute approximate surface area is 108 Å². The van der Waals surface area contributed by atoms with Crippen LogP contribution in [0.4, 0.5) is 0 Å². The monoisotopic (exact) mass is 251 g/mol. The number of hydrogen-bond acceptors (Lipinski definition) is 4. The number of rotatable bonds is 7. The molecule has 1 heterocycles. The lowest BCUT2D eigenvalue weighted by atomic mass is 10.2. The maximum atomic E-state index is 9.76. The molecule has 1 aliphatic rings. The summed E-state index contributed by atoms with van der Waals surface area (Å²) in [6.07, 6.45) is 2.08. The number of hydrogen-bond donors (Lipinski definition) is 2. The standard InChI is InChI=1S/C14H21NO3/c16-12(9-15-10-14-7-4-8-17-14)11-18-13-5-2-1-3-6-13/h1-3,5-6,12,14-16H,4,7-11H2.